The molecule has 0 saturated carbocycles. The second-order valence-electron chi connectivity index (χ2n) is 3.79. The molecule has 3 heteroatoms. The number of hydrogen-bond donors (Lipinski definition) is 1. The first kappa shape index (κ1) is 8.09. The maximum absolute atomic E-state index is 5.63. The van der Waals surface area contributed by atoms with Crippen molar-refractivity contribution in [3.8, 4) is 0 Å². The number of rotatable bonds is 0. The minimum atomic E-state index is 0.0596. The van der Waals surface area contributed by atoms with Gasteiger partial charge in [0.2, 0.25) is 0 Å². The summed E-state index contributed by atoms with van der Waals surface area (Å²) >= 11 is 0. The highest BCUT2D eigenvalue weighted by Gasteiger charge is 2.31. The standard InChI is InChI=1S/C7H16BNO/c1-6-5-7(2,3)10-8(4)9-6/h6,9H,5H2,1-4H3. The molecule has 0 bridgehead atoms. The smallest absolute Gasteiger partial charge is 0.376 e. The summed E-state index contributed by atoms with van der Waals surface area (Å²) in [6.07, 6.45) is 1.09. The van der Waals surface area contributed by atoms with Gasteiger partial charge in [-0.15, -0.1) is 0 Å². The number of nitrogens with one attached hydrogen (secondary N) is 1. The van der Waals surface area contributed by atoms with E-state index in [-0.39, 0.29) is 12.7 Å². The van der Waals surface area contributed by atoms with Crippen LogP contribution in [0.5, 0.6) is 0 Å². The first-order valence-corrected chi connectivity index (χ1v) is 3.93. The van der Waals surface area contributed by atoms with Crippen LogP contribution < -0.4 is 5.23 Å². The van der Waals surface area contributed by atoms with Crippen molar-refractivity contribution in [2.45, 2.75) is 45.7 Å². The molecule has 0 radical (unpaired) electrons. The van der Waals surface area contributed by atoms with Crippen molar-refractivity contribution in [3.63, 3.8) is 0 Å². The Kier molecular flexibility index (Phi) is 2.06. The second-order valence-corrected chi connectivity index (χ2v) is 3.79. The molecule has 1 aliphatic rings. The van der Waals surface area contributed by atoms with Gasteiger partial charge in [-0.05, 0) is 33.1 Å². The third-order valence-corrected chi connectivity index (χ3v) is 1.81. The number of hydrogen-bond acceptors (Lipinski definition) is 2. The molecular formula is C7H16BNO. The summed E-state index contributed by atoms with van der Waals surface area (Å²) in [5.74, 6) is 0. The molecule has 1 fully saturated rings. The maximum atomic E-state index is 5.63. The van der Waals surface area contributed by atoms with Gasteiger partial charge in [0, 0.05) is 5.60 Å². The zero-order valence-corrected chi connectivity index (χ0v) is 7.27. The van der Waals surface area contributed by atoms with Gasteiger partial charge < -0.3 is 9.88 Å². The zero-order chi connectivity index (χ0) is 7.78. The van der Waals surface area contributed by atoms with E-state index in [0.29, 0.717) is 6.04 Å². The molecule has 0 spiro atoms. The van der Waals surface area contributed by atoms with Crippen molar-refractivity contribution in [3.05, 3.63) is 0 Å². The van der Waals surface area contributed by atoms with E-state index >= 15 is 0 Å². The molecule has 0 aromatic heterocycles. The molecule has 1 N–H and O–H groups in total. The molecular weight excluding hydrogens is 125 g/mol. The molecule has 1 aliphatic heterocycles. The monoisotopic (exact) mass is 141 g/mol. The first-order chi connectivity index (χ1) is 4.49. The van der Waals surface area contributed by atoms with E-state index in [1.54, 1.807) is 0 Å². The van der Waals surface area contributed by atoms with Crippen LogP contribution in [0.2, 0.25) is 6.82 Å². The van der Waals surface area contributed by atoms with Crippen LogP contribution in [0.25, 0.3) is 0 Å². The summed E-state index contributed by atoms with van der Waals surface area (Å²) in [6, 6.07) is 0.582. The Morgan fingerprint density at radius 1 is 1.60 bits per heavy atom. The Morgan fingerprint density at radius 2 is 2.20 bits per heavy atom. The predicted molar refractivity (Wildman–Crippen MR) is 44.0 cm³/mol. The minimum absolute atomic E-state index is 0.0596. The summed E-state index contributed by atoms with van der Waals surface area (Å²) < 4.78 is 5.63. The van der Waals surface area contributed by atoms with Gasteiger partial charge in [0.15, 0.2) is 0 Å². The van der Waals surface area contributed by atoms with Crippen LogP contribution >= 0.6 is 0 Å². The Bertz CT molecular complexity index is 115. The Labute approximate surface area is 63.5 Å². The van der Waals surface area contributed by atoms with E-state index in [1.165, 1.54) is 0 Å². The lowest BCUT2D eigenvalue weighted by atomic mass is 9.79. The van der Waals surface area contributed by atoms with E-state index in [1.807, 2.05) is 0 Å². The lowest BCUT2D eigenvalue weighted by molar-refractivity contribution is 0.0642. The van der Waals surface area contributed by atoms with Crippen molar-refractivity contribution in [2.24, 2.45) is 0 Å². The van der Waals surface area contributed by atoms with Gasteiger partial charge >= 0.3 is 7.05 Å². The van der Waals surface area contributed by atoms with Crippen LogP contribution in [0, 0.1) is 0 Å². The topological polar surface area (TPSA) is 21.3 Å². The summed E-state index contributed by atoms with van der Waals surface area (Å²) in [5.41, 5.74) is 0.0596. The molecule has 0 aromatic rings. The van der Waals surface area contributed by atoms with E-state index < -0.39 is 0 Å². The van der Waals surface area contributed by atoms with Crippen molar-refractivity contribution in [2.75, 3.05) is 0 Å². The molecule has 58 valence electrons. The van der Waals surface area contributed by atoms with Gasteiger partial charge in [0.25, 0.3) is 0 Å². The molecule has 1 saturated heterocycles. The fourth-order valence-electron chi connectivity index (χ4n) is 1.76. The van der Waals surface area contributed by atoms with E-state index in [4.69, 9.17) is 4.65 Å². The molecule has 1 atom stereocenters. The summed E-state index contributed by atoms with van der Waals surface area (Å²) in [7, 11) is 0.207. The van der Waals surface area contributed by atoms with Crippen molar-refractivity contribution >= 4 is 7.05 Å². The van der Waals surface area contributed by atoms with Crippen LogP contribution in [0.4, 0.5) is 0 Å². The van der Waals surface area contributed by atoms with Crippen LogP contribution in [0.3, 0.4) is 0 Å². The quantitative estimate of drug-likeness (QED) is 0.513. The predicted octanol–water partition coefficient (Wildman–Crippen LogP) is 1.28. The highest BCUT2D eigenvalue weighted by molar-refractivity contribution is 6.47. The van der Waals surface area contributed by atoms with Gasteiger partial charge in [0.1, 0.15) is 0 Å². The highest BCUT2D eigenvalue weighted by atomic mass is 16.5. The van der Waals surface area contributed by atoms with Gasteiger partial charge in [-0.2, -0.15) is 0 Å². The summed E-state index contributed by atoms with van der Waals surface area (Å²) in [4.78, 5) is 0. The average Bonchev–Trinajstić information content (AvgIpc) is 1.54. The molecule has 1 heterocycles. The zero-order valence-electron chi connectivity index (χ0n) is 7.27. The SMILES string of the molecule is CB1NC(C)CC(C)(C)O1. The fraction of sp³-hybridized carbons (Fsp3) is 1.00. The largest absolute Gasteiger partial charge is 0.417 e. The minimum Gasteiger partial charge on any atom is -0.417 e. The molecule has 1 unspecified atom stereocenters. The van der Waals surface area contributed by atoms with Crippen molar-refractivity contribution in [1.29, 1.82) is 0 Å². The van der Waals surface area contributed by atoms with Crippen molar-refractivity contribution in [1.82, 2.24) is 5.23 Å². The Hall–Kier alpha value is -0.0151. The molecule has 0 aromatic carbocycles. The van der Waals surface area contributed by atoms with E-state index in [0.717, 1.165) is 6.42 Å². The molecule has 0 amide bonds. The fourth-order valence-corrected chi connectivity index (χ4v) is 1.76. The summed E-state index contributed by atoms with van der Waals surface area (Å²) in [6.45, 7) is 8.53. The second kappa shape index (κ2) is 2.55. The van der Waals surface area contributed by atoms with Crippen LogP contribution in [-0.2, 0) is 4.65 Å². The molecule has 2 nitrogen and oxygen atoms in total. The van der Waals surface area contributed by atoms with Gasteiger partial charge in [-0.25, -0.2) is 0 Å². The summed E-state index contributed by atoms with van der Waals surface area (Å²) in [5, 5.41) is 3.31. The van der Waals surface area contributed by atoms with Crippen molar-refractivity contribution < 1.29 is 4.65 Å². The molecule has 1 rings (SSSR count). The Morgan fingerprint density at radius 3 is 2.60 bits per heavy atom. The van der Waals surface area contributed by atoms with Gasteiger partial charge in [-0.1, -0.05) is 6.92 Å². The lowest BCUT2D eigenvalue weighted by Crippen LogP contribution is -2.53. The van der Waals surface area contributed by atoms with E-state index in [2.05, 4.69) is 32.8 Å². The van der Waals surface area contributed by atoms with Crippen LogP contribution in [0.1, 0.15) is 27.2 Å². The normalized spacial score (nSPS) is 32.4. The first-order valence-electron chi connectivity index (χ1n) is 3.93. The van der Waals surface area contributed by atoms with Gasteiger partial charge in [0.05, 0.1) is 0 Å². The molecule has 0 aliphatic carbocycles. The van der Waals surface area contributed by atoms with E-state index in [9.17, 15) is 0 Å². The maximum Gasteiger partial charge on any atom is 0.376 e. The molecule has 10 heavy (non-hydrogen) atoms. The van der Waals surface area contributed by atoms with Crippen LogP contribution in [0.15, 0.2) is 0 Å². The van der Waals surface area contributed by atoms with Crippen LogP contribution in [-0.4, -0.2) is 18.7 Å². The highest BCUT2D eigenvalue weighted by Crippen LogP contribution is 2.21. The van der Waals surface area contributed by atoms with Gasteiger partial charge in [-0.3, -0.25) is 0 Å². The lowest BCUT2D eigenvalue weighted by Gasteiger charge is -2.37. The third-order valence-electron chi connectivity index (χ3n) is 1.81. The average molecular weight is 141 g/mol. The Balaban J connectivity index is 2.51. The third kappa shape index (κ3) is 1.99.